The Morgan fingerprint density at radius 3 is 2.29 bits per heavy atom. The smallest absolute Gasteiger partial charge is 0.287 e. The van der Waals surface area contributed by atoms with Gasteiger partial charge in [0.15, 0.2) is 29.0 Å². The average molecular weight is 932 g/mol. The fourth-order valence-electron chi connectivity index (χ4n) is 9.70. The van der Waals surface area contributed by atoms with Crippen LogP contribution in [0, 0.1) is 30.2 Å². The van der Waals surface area contributed by atoms with Crippen LogP contribution < -0.4 is 21.3 Å². The fourth-order valence-corrected chi connectivity index (χ4v) is 11.5. The number of furan rings is 1. The van der Waals surface area contributed by atoms with Gasteiger partial charge < -0.3 is 25.7 Å². The summed E-state index contributed by atoms with van der Waals surface area (Å²) in [7, 11) is 0. The van der Waals surface area contributed by atoms with Crippen LogP contribution in [0.3, 0.4) is 0 Å². The normalized spacial score (nSPS) is 20.9. The molecule has 4 aliphatic heterocycles. The van der Waals surface area contributed by atoms with Gasteiger partial charge in [-0.1, -0.05) is 6.07 Å². The van der Waals surface area contributed by atoms with Gasteiger partial charge in [-0.2, -0.15) is 10.2 Å². The third kappa shape index (κ3) is 7.39. The SMILES string of the molecule is Cc1cnn2c1-c1cc(C(=O)N[C@@H]3CNCC[C@H]3c3cc(F)c(F)c(-c4nn5c(c4Br)-c4cc(C(=O)N[C@@H]6CNCC[C@H]6c6ccc(F)c(F)c6)sc4CCC5)c3)oc1CCC2. The van der Waals surface area contributed by atoms with Crippen LogP contribution in [-0.2, 0) is 25.9 Å². The maximum atomic E-state index is 16.0. The van der Waals surface area contributed by atoms with Crippen LogP contribution in [0.15, 0.2) is 57.6 Å². The summed E-state index contributed by atoms with van der Waals surface area (Å²) < 4.78 is 70.1. The van der Waals surface area contributed by atoms with E-state index in [1.165, 1.54) is 23.5 Å². The predicted molar refractivity (Wildman–Crippen MR) is 229 cm³/mol. The molecule has 4 atom stereocenters. The van der Waals surface area contributed by atoms with Gasteiger partial charge in [-0.3, -0.25) is 19.0 Å². The molecule has 0 aliphatic carbocycles. The number of amides is 2. The molecule has 0 radical (unpaired) electrons. The highest BCUT2D eigenvalue weighted by Gasteiger charge is 2.35. The summed E-state index contributed by atoms with van der Waals surface area (Å²) in [6, 6.07) is 9.50. The van der Waals surface area contributed by atoms with E-state index in [1.54, 1.807) is 22.9 Å². The lowest BCUT2D eigenvalue weighted by Gasteiger charge is -2.33. The van der Waals surface area contributed by atoms with Gasteiger partial charge in [0.25, 0.3) is 11.8 Å². The molecule has 62 heavy (non-hydrogen) atoms. The van der Waals surface area contributed by atoms with E-state index in [9.17, 15) is 18.4 Å². The molecule has 2 aromatic carbocycles. The van der Waals surface area contributed by atoms with Crippen LogP contribution in [0.25, 0.3) is 33.8 Å². The van der Waals surface area contributed by atoms with E-state index < -0.39 is 29.3 Å². The topological polar surface area (TPSA) is 131 Å². The van der Waals surface area contributed by atoms with Gasteiger partial charge in [0.2, 0.25) is 0 Å². The van der Waals surface area contributed by atoms with Crippen molar-refractivity contribution in [2.75, 3.05) is 26.2 Å². The number of thiophene rings is 1. The summed E-state index contributed by atoms with van der Waals surface area (Å²) in [6.07, 6.45) is 5.91. The predicted octanol–water partition coefficient (Wildman–Crippen LogP) is 8.01. The van der Waals surface area contributed by atoms with Crippen molar-refractivity contribution >= 4 is 39.1 Å². The van der Waals surface area contributed by atoms with Crippen LogP contribution in [0.5, 0.6) is 0 Å². The van der Waals surface area contributed by atoms with E-state index in [-0.39, 0.29) is 46.7 Å². The van der Waals surface area contributed by atoms with Gasteiger partial charge in [-0.05, 0) is 121 Å². The maximum absolute atomic E-state index is 16.0. The summed E-state index contributed by atoms with van der Waals surface area (Å²) in [5.74, 6) is -4.21. The number of piperidine rings is 2. The first kappa shape index (κ1) is 40.9. The van der Waals surface area contributed by atoms with Gasteiger partial charge in [0, 0.05) is 78.1 Å². The first-order valence-electron chi connectivity index (χ1n) is 21.0. The molecule has 2 amide bonds. The molecule has 10 rings (SSSR count). The second kappa shape index (κ2) is 16.5. The first-order valence-corrected chi connectivity index (χ1v) is 22.7. The highest BCUT2D eigenvalue weighted by molar-refractivity contribution is 9.10. The Kier molecular flexibility index (Phi) is 10.9. The largest absolute Gasteiger partial charge is 0.455 e. The minimum atomic E-state index is -1.04. The average Bonchev–Trinajstić information content (AvgIpc) is 4.00. The number of hydrogen-bond donors (Lipinski definition) is 4. The summed E-state index contributed by atoms with van der Waals surface area (Å²) in [6.45, 7) is 5.44. The molecule has 322 valence electrons. The quantitative estimate of drug-likeness (QED) is 0.119. The van der Waals surface area contributed by atoms with Crippen molar-refractivity contribution in [3.05, 3.63) is 114 Å². The summed E-state index contributed by atoms with van der Waals surface area (Å²) in [4.78, 5) is 29.1. The number of halogens is 5. The highest BCUT2D eigenvalue weighted by Crippen LogP contribution is 2.45. The molecular weight excluding hydrogens is 889 g/mol. The number of rotatable bonds is 7. The minimum Gasteiger partial charge on any atom is -0.455 e. The Hall–Kier alpha value is -5.10. The lowest BCUT2D eigenvalue weighted by Crippen LogP contribution is -2.50. The van der Waals surface area contributed by atoms with Gasteiger partial charge >= 0.3 is 0 Å². The van der Waals surface area contributed by atoms with E-state index in [0.717, 1.165) is 52.1 Å². The van der Waals surface area contributed by atoms with E-state index in [1.807, 2.05) is 23.9 Å². The van der Waals surface area contributed by atoms with E-state index >= 15 is 8.78 Å². The zero-order valence-electron chi connectivity index (χ0n) is 33.7. The summed E-state index contributed by atoms with van der Waals surface area (Å²) in [5.41, 5.74) is 5.61. The number of fused-ring (bicyclic) bond motifs is 6. The molecule has 0 unspecified atom stereocenters. The molecule has 0 spiro atoms. The number of hydrogen-bond acceptors (Lipinski definition) is 8. The van der Waals surface area contributed by atoms with Crippen molar-refractivity contribution in [1.82, 2.24) is 40.8 Å². The number of aromatic nitrogens is 4. The Bertz CT molecular complexity index is 2740. The number of nitrogens with one attached hydrogen (secondary N) is 4. The zero-order chi connectivity index (χ0) is 42.8. The number of carbonyl (C=O) groups is 2. The standard InChI is InChI=1S/C45H43BrF4N8O3S/c1-22-19-53-57-12-2-4-35-27(42(22)57)17-36(61-35)44(59)54-34-21-52-11-9-26(34)24-14-29(40(50)32(49)16-24)41-39(46)43-28-18-38(62-37(28)5-3-13-58(43)56-41)45(60)55-33-20-51-10-8-25(33)23-6-7-30(47)31(48)15-23/h6-7,14-19,25-26,33-34,51-52H,2-5,8-13,20-21H2,1H3,(H,54,59)(H,55,60)/t25-,26-,33+,34+/m0/s1. The van der Waals surface area contributed by atoms with Crippen molar-refractivity contribution < 1.29 is 31.6 Å². The molecule has 17 heteroatoms. The molecule has 4 N–H and O–H groups in total. The minimum absolute atomic E-state index is 0.0133. The first-order chi connectivity index (χ1) is 30.0. The van der Waals surface area contributed by atoms with Crippen LogP contribution in [-0.4, -0.2) is 69.6 Å². The van der Waals surface area contributed by atoms with Gasteiger partial charge in [-0.15, -0.1) is 11.3 Å². The molecule has 6 aromatic rings. The molecule has 2 saturated heterocycles. The van der Waals surface area contributed by atoms with Gasteiger partial charge in [-0.25, -0.2) is 17.6 Å². The maximum Gasteiger partial charge on any atom is 0.287 e. The third-order valence-corrected chi connectivity index (χ3v) is 14.7. The molecular formula is C45H43BrF4N8O3S. The van der Waals surface area contributed by atoms with Crippen molar-refractivity contribution in [2.45, 2.75) is 82.5 Å². The van der Waals surface area contributed by atoms with Crippen LogP contribution in [0.2, 0.25) is 0 Å². The summed E-state index contributed by atoms with van der Waals surface area (Å²) >= 11 is 5.09. The molecule has 11 nitrogen and oxygen atoms in total. The summed E-state index contributed by atoms with van der Waals surface area (Å²) in [5, 5.41) is 22.2. The third-order valence-electron chi connectivity index (χ3n) is 12.7. The Morgan fingerprint density at radius 2 is 1.52 bits per heavy atom. The van der Waals surface area contributed by atoms with Crippen molar-refractivity contribution in [3.63, 3.8) is 0 Å². The number of benzene rings is 2. The van der Waals surface area contributed by atoms with E-state index in [0.29, 0.717) is 91.0 Å². The molecule has 8 heterocycles. The molecule has 0 saturated carbocycles. The van der Waals surface area contributed by atoms with E-state index in [4.69, 9.17) is 9.52 Å². The number of carbonyl (C=O) groups excluding carboxylic acids is 2. The Balaban J connectivity index is 0.917. The fraction of sp³-hybridized carbons (Fsp3) is 0.378. The van der Waals surface area contributed by atoms with Crippen LogP contribution in [0.1, 0.15) is 85.1 Å². The molecule has 2 fully saturated rings. The number of aryl methyl sites for hydroxylation is 5. The Morgan fingerprint density at radius 1 is 0.806 bits per heavy atom. The highest BCUT2D eigenvalue weighted by atomic mass is 79.9. The van der Waals surface area contributed by atoms with Crippen molar-refractivity contribution in [2.24, 2.45) is 0 Å². The molecule has 4 aliphatic rings. The Labute approximate surface area is 366 Å². The van der Waals surface area contributed by atoms with Crippen LogP contribution in [0.4, 0.5) is 17.6 Å². The molecule has 4 aromatic heterocycles. The van der Waals surface area contributed by atoms with E-state index in [2.05, 4.69) is 42.3 Å². The van der Waals surface area contributed by atoms with Crippen molar-refractivity contribution in [3.8, 4) is 33.8 Å². The second-order valence-electron chi connectivity index (χ2n) is 16.6. The van der Waals surface area contributed by atoms with Crippen molar-refractivity contribution in [1.29, 1.82) is 0 Å². The van der Waals surface area contributed by atoms with Gasteiger partial charge in [0.1, 0.15) is 11.5 Å². The molecule has 0 bridgehead atoms. The second-order valence-corrected chi connectivity index (χ2v) is 18.6. The lowest BCUT2D eigenvalue weighted by atomic mass is 9.84. The van der Waals surface area contributed by atoms with Gasteiger partial charge in [0.05, 0.1) is 26.9 Å². The lowest BCUT2D eigenvalue weighted by molar-refractivity contribution is 0.0892. The van der Waals surface area contributed by atoms with Crippen LogP contribution >= 0.6 is 27.3 Å². The monoisotopic (exact) mass is 930 g/mol. The number of nitrogens with zero attached hydrogens (tertiary/aromatic N) is 4. The zero-order valence-corrected chi connectivity index (χ0v) is 36.1.